The van der Waals surface area contributed by atoms with E-state index >= 15 is 0 Å². The number of rotatable bonds is 1. The van der Waals surface area contributed by atoms with E-state index in [0.29, 0.717) is 11.3 Å². The highest BCUT2D eigenvalue weighted by Gasteiger charge is 2.47. The number of fused-ring (bicyclic) bond motifs is 5. The molecule has 1 unspecified atom stereocenters. The van der Waals surface area contributed by atoms with Gasteiger partial charge < -0.3 is 14.6 Å². The van der Waals surface area contributed by atoms with E-state index in [1.165, 1.54) is 18.7 Å². The Labute approximate surface area is 129 Å². The monoisotopic (exact) mass is 301 g/mol. The predicted octanol–water partition coefficient (Wildman–Crippen LogP) is 2.06. The van der Waals surface area contributed by atoms with Crippen molar-refractivity contribution in [3.05, 3.63) is 34.9 Å². The van der Waals surface area contributed by atoms with Gasteiger partial charge in [0, 0.05) is 24.9 Å². The van der Waals surface area contributed by atoms with Crippen LogP contribution in [-0.4, -0.2) is 48.8 Å². The van der Waals surface area contributed by atoms with Gasteiger partial charge in [0.15, 0.2) is 11.5 Å². The summed E-state index contributed by atoms with van der Waals surface area (Å²) in [6.45, 7) is 1.03. The van der Waals surface area contributed by atoms with Crippen LogP contribution in [0.25, 0.3) is 0 Å². The Balaban J connectivity index is 1.88. The second-order valence-corrected chi connectivity index (χ2v) is 6.27. The van der Waals surface area contributed by atoms with E-state index < -0.39 is 0 Å². The van der Waals surface area contributed by atoms with E-state index in [1.54, 1.807) is 6.07 Å². The van der Waals surface area contributed by atoms with E-state index in [0.717, 1.165) is 24.9 Å². The van der Waals surface area contributed by atoms with Gasteiger partial charge in [-0.2, -0.15) is 0 Å². The van der Waals surface area contributed by atoms with Crippen LogP contribution in [0.2, 0.25) is 0 Å². The van der Waals surface area contributed by atoms with Crippen LogP contribution >= 0.6 is 0 Å². The summed E-state index contributed by atoms with van der Waals surface area (Å²) in [5.41, 5.74) is 2.82. The zero-order valence-corrected chi connectivity index (χ0v) is 12.7. The molecule has 1 aromatic rings. The molecule has 2 heterocycles. The molecule has 0 radical (unpaired) electrons. The number of likely N-dealkylation sites (tertiary alicyclic amines) is 1. The summed E-state index contributed by atoms with van der Waals surface area (Å²) in [4.78, 5) is 14.6. The van der Waals surface area contributed by atoms with Gasteiger partial charge in [0.05, 0.1) is 12.7 Å². The number of carbonyl (C=O) groups excluding carboxylic acids is 1. The maximum Gasteiger partial charge on any atom is 0.338 e. The number of hydrogen-bond acceptors (Lipinski definition) is 5. The first-order chi connectivity index (χ1) is 10.6. The highest BCUT2D eigenvalue weighted by Crippen LogP contribution is 2.47. The molecule has 0 bridgehead atoms. The lowest BCUT2D eigenvalue weighted by atomic mass is 9.75. The minimum atomic E-state index is -0.355. The number of nitrogens with zero attached hydrogens (tertiary/aromatic N) is 1. The highest BCUT2D eigenvalue weighted by atomic mass is 16.5. The van der Waals surface area contributed by atoms with Crippen molar-refractivity contribution in [1.29, 1.82) is 0 Å². The lowest BCUT2D eigenvalue weighted by Crippen LogP contribution is -2.45. The number of aromatic hydroxyl groups is 1. The Kier molecular flexibility index (Phi) is 2.94. The molecule has 116 valence electrons. The van der Waals surface area contributed by atoms with Crippen LogP contribution in [0, 0.1) is 0 Å². The van der Waals surface area contributed by atoms with Gasteiger partial charge in [-0.3, -0.25) is 4.90 Å². The van der Waals surface area contributed by atoms with Crippen molar-refractivity contribution in [3.8, 4) is 11.5 Å². The number of carbonyl (C=O) groups is 1. The summed E-state index contributed by atoms with van der Waals surface area (Å²) in [6.07, 6.45) is 3.93. The van der Waals surface area contributed by atoms with Crippen molar-refractivity contribution in [1.82, 2.24) is 4.90 Å². The number of likely N-dealkylation sites (N-methyl/N-ethyl adjacent to an activating group) is 1. The quantitative estimate of drug-likeness (QED) is 0.635. The summed E-state index contributed by atoms with van der Waals surface area (Å²) in [6, 6.07) is 3.54. The van der Waals surface area contributed by atoms with E-state index in [2.05, 4.69) is 18.0 Å². The fraction of sp³-hybridized carbons (Fsp3) is 0.471. The SMILES string of the molecule is COc1cc2c(cc1O)C(=O)O[C@@H]1CC=C3CCN(C)C3[C@H]21. The molecule has 5 nitrogen and oxygen atoms in total. The van der Waals surface area contributed by atoms with Crippen molar-refractivity contribution in [3.63, 3.8) is 0 Å². The average Bonchev–Trinajstić information content (AvgIpc) is 2.88. The van der Waals surface area contributed by atoms with E-state index in [9.17, 15) is 9.90 Å². The van der Waals surface area contributed by atoms with Crippen LogP contribution in [0.1, 0.15) is 34.7 Å². The molecule has 1 saturated heterocycles. The second kappa shape index (κ2) is 4.74. The largest absolute Gasteiger partial charge is 0.504 e. The Morgan fingerprint density at radius 1 is 1.41 bits per heavy atom. The van der Waals surface area contributed by atoms with Gasteiger partial charge in [-0.1, -0.05) is 11.6 Å². The molecule has 5 heteroatoms. The van der Waals surface area contributed by atoms with Crippen LogP contribution < -0.4 is 4.74 Å². The van der Waals surface area contributed by atoms with E-state index in [4.69, 9.17) is 9.47 Å². The molecule has 0 saturated carbocycles. The van der Waals surface area contributed by atoms with Gasteiger partial charge in [-0.05, 0) is 31.2 Å². The topological polar surface area (TPSA) is 59.0 Å². The summed E-state index contributed by atoms with van der Waals surface area (Å²) >= 11 is 0. The first-order valence-electron chi connectivity index (χ1n) is 7.61. The number of phenolic OH excluding ortho intramolecular Hbond substituents is 1. The third kappa shape index (κ3) is 1.78. The number of methoxy groups -OCH3 is 1. The molecule has 0 aromatic heterocycles. The van der Waals surface area contributed by atoms with Crippen LogP contribution in [0.15, 0.2) is 23.8 Å². The van der Waals surface area contributed by atoms with E-state index in [-0.39, 0.29) is 29.8 Å². The average molecular weight is 301 g/mol. The first-order valence-corrected chi connectivity index (χ1v) is 7.61. The van der Waals surface area contributed by atoms with Crippen molar-refractivity contribution < 1.29 is 19.4 Å². The van der Waals surface area contributed by atoms with Crippen LogP contribution in [-0.2, 0) is 4.74 Å². The molecule has 1 fully saturated rings. The molecule has 0 amide bonds. The molecule has 0 spiro atoms. The molecule has 2 aliphatic heterocycles. The predicted molar refractivity (Wildman–Crippen MR) is 80.3 cm³/mol. The molecule has 4 rings (SSSR count). The number of esters is 1. The fourth-order valence-corrected chi connectivity index (χ4v) is 4.11. The minimum absolute atomic E-state index is 0.0250. The van der Waals surface area contributed by atoms with Crippen LogP contribution in [0.3, 0.4) is 0 Å². The normalized spacial score (nSPS) is 30.0. The molecular formula is C17H19NO4. The maximum absolute atomic E-state index is 12.3. The molecule has 1 aromatic carbocycles. The van der Waals surface area contributed by atoms with Crippen molar-refractivity contribution in [2.45, 2.75) is 30.9 Å². The Morgan fingerprint density at radius 3 is 3.00 bits per heavy atom. The number of phenols is 1. The standard InChI is InChI=1S/C17H19NO4/c1-18-6-5-9-3-4-13-15(16(9)18)10-8-14(21-2)12(19)7-11(10)17(20)22-13/h3,7-8,13,15-16,19H,4-6H2,1-2H3/t13-,15-,16?/m1/s1. The molecule has 1 N–H and O–H groups in total. The van der Waals surface area contributed by atoms with Crippen molar-refractivity contribution >= 4 is 5.97 Å². The Hall–Kier alpha value is -2.01. The molecule has 1 aliphatic carbocycles. The second-order valence-electron chi connectivity index (χ2n) is 6.27. The molecule has 3 atom stereocenters. The van der Waals surface area contributed by atoms with E-state index in [1.807, 2.05) is 0 Å². The van der Waals surface area contributed by atoms with Gasteiger partial charge in [-0.15, -0.1) is 0 Å². The van der Waals surface area contributed by atoms with Gasteiger partial charge in [0.2, 0.25) is 0 Å². The lowest BCUT2D eigenvalue weighted by Gasteiger charge is -2.41. The number of benzene rings is 1. The summed E-state index contributed by atoms with van der Waals surface area (Å²) in [7, 11) is 3.63. The van der Waals surface area contributed by atoms with Gasteiger partial charge in [0.25, 0.3) is 0 Å². The Morgan fingerprint density at radius 2 is 2.23 bits per heavy atom. The fourth-order valence-electron chi connectivity index (χ4n) is 4.11. The lowest BCUT2D eigenvalue weighted by molar-refractivity contribution is 0.00907. The number of ether oxygens (including phenoxy) is 2. The highest BCUT2D eigenvalue weighted by molar-refractivity contribution is 5.94. The molecule has 3 aliphatic rings. The molecule has 22 heavy (non-hydrogen) atoms. The Bertz CT molecular complexity index is 681. The smallest absolute Gasteiger partial charge is 0.338 e. The summed E-state index contributed by atoms with van der Waals surface area (Å²) in [5, 5.41) is 9.97. The van der Waals surface area contributed by atoms with Crippen molar-refractivity contribution in [2.75, 3.05) is 20.7 Å². The zero-order chi connectivity index (χ0) is 15.4. The summed E-state index contributed by atoms with van der Waals surface area (Å²) < 4.78 is 10.9. The maximum atomic E-state index is 12.3. The van der Waals surface area contributed by atoms with Gasteiger partial charge in [0.1, 0.15) is 6.10 Å². The van der Waals surface area contributed by atoms with Gasteiger partial charge in [-0.25, -0.2) is 4.79 Å². The molecular weight excluding hydrogens is 282 g/mol. The van der Waals surface area contributed by atoms with Gasteiger partial charge >= 0.3 is 5.97 Å². The minimum Gasteiger partial charge on any atom is -0.504 e. The third-order valence-electron chi connectivity index (χ3n) is 5.15. The number of hydrogen-bond donors (Lipinski definition) is 1. The van der Waals surface area contributed by atoms with Crippen LogP contribution in [0.4, 0.5) is 0 Å². The third-order valence-corrected chi connectivity index (χ3v) is 5.15. The first kappa shape index (κ1) is 13.6. The van der Waals surface area contributed by atoms with Crippen LogP contribution in [0.5, 0.6) is 11.5 Å². The van der Waals surface area contributed by atoms with Crippen molar-refractivity contribution in [2.24, 2.45) is 0 Å². The zero-order valence-electron chi connectivity index (χ0n) is 12.7. The summed E-state index contributed by atoms with van der Waals surface area (Å²) in [5.74, 6) is 0.133.